The summed E-state index contributed by atoms with van der Waals surface area (Å²) in [6.45, 7) is 15.6. The lowest BCUT2D eigenvalue weighted by Gasteiger charge is -2.61. The second kappa shape index (κ2) is 12.4. The fourth-order valence-corrected chi connectivity index (χ4v) is 9.58. The molecule has 8 atom stereocenters. The first-order valence-corrected chi connectivity index (χ1v) is 17.0. The van der Waals surface area contributed by atoms with Crippen LogP contribution in [-0.2, 0) is 27.4 Å². The maximum Gasteiger partial charge on any atom is 0.328 e. The monoisotopic (exact) mass is 648 g/mol. The second-order valence-electron chi connectivity index (χ2n) is 15.0. The van der Waals surface area contributed by atoms with Crippen LogP contribution in [0.25, 0.3) is 0 Å². The van der Waals surface area contributed by atoms with E-state index in [2.05, 4.69) is 42.6 Å². The van der Waals surface area contributed by atoms with Crippen molar-refractivity contribution < 1.29 is 24.4 Å². The minimum absolute atomic E-state index is 0.0844. The maximum atomic E-state index is 13.6. The molecule has 4 fully saturated rings. The number of ether oxygens (including phenoxy) is 1. The van der Waals surface area contributed by atoms with Gasteiger partial charge in [0.2, 0.25) is 0 Å². The number of carbonyl (C=O) groups is 2. The van der Waals surface area contributed by atoms with Crippen molar-refractivity contribution in [3.8, 4) is 0 Å². The summed E-state index contributed by atoms with van der Waals surface area (Å²) in [6, 6.07) is 6.80. The van der Waals surface area contributed by atoms with Crippen molar-refractivity contribution in [1.82, 2.24) is 19.9 Å². The first-order valence-electron chi connectivity index (χ1n) is 17.0. The molecule has 47 heavy (non-hydrogen) atoms. The van der Waals surface area contributed by atoms with Crippen molar-refractivity contribution in [2.75, 3.05) is 31.1 Å². The quantitative estimate of drug-likeness (QED) is 0.189. The Labute approximate surface area is 276 Å². The summed E-state index contributed by atoms with van der Waals surface area (Å²) >= 11 is 0. The molecular formula is C35H48N6O6. The van der Waals surface area contributed by atoms with E-state index in [1.807, 2.05) is 17.9 Å². The molecule has 2 aromatic rings. The SMILES string of the molecule is C=C[C@]1(C)C[C@@H](OC(=O)Cn2cc(CN3CCN(c4ccccc4[N+](=O)[O-])CC3)nn2)[C@@]2(C)[C@@H]3C(=O)CC[C@@]3(CC[C@@H]2C)[C@@H](C)[C@@H]1O. The zero-order valence-electron chi connectivity index (χ0n) is 28.0. The van der Waals surface area contributed by atoms with Gasteiger partial charge in [-0.2, -0.15) is 0 Å². The maximum absolute atomic E-state index is 13.6. The molecule has 3 saturated carbocycles. The Morgan fingerprint density at radius 2 is 1.91 bits per heavy atom. The third kappa shape index (κ3) is 5.67. The van der Waals surface area contributed by atoms with Gasteiger partial charge in [-0.25, -0.2) is 4.68 Å². The van der Waals surface area contributed by atoms with E-state index in [9.17, 15) is 24.8 Å². The van der Waals surface area contributed by atoms with Gasteiger partial charge >= 0.3 is 5.97 Å². The van der Waals surface area contributed by atoms with Gasteiger partial charge in [0.15, 0.2) is 0 Å². The number of ketones is 1. The first-order chi connectivity index (χ1) is 22.3. The van der Waals surface area contributed by atoms with Crippen LogP contribution >= 0.6 is 0 Å². The molecule has 6 rings (SSSR count). The number of nitro groups is 1. The number of Topliss-reactive ketones (excluding diaryl/α,β-unsaturated/α-hetero) is 1. The number of nitro benzene ring substituents is 1. The number of rotatable bonds is 8. The van der Waals surface area contributed by atoms with Gasteiger partial charge in [0, 0.05) is 62.0 Å². The molecule has 1 aliphatic heterocycles. The highest BCUT2D eigenvalue weighted by molar-refractivity contribution is 5.85. The van der Waals surface area contributed by atoms with E-state index in [4.69, 9.17) is 4.74 Å². The Balaban J connectivity index is 1.13. The molecule has 2 heterocycles. The lowest BCUT2D eigenvalue weighted by atomic mass is 9.44. The Morgan fingerprint density at radius 1 is 1.19 bits per heavy atom. The van der Waals surface area contributed by atoms with Gasteiger partial charge < -0.3 is 14.7 Å². The van der Waals surface area contributed by atoms with Crippen molar-refractivity contribution in [3.05, 3.63) is 58.9 Å². The molecule has 1 aromatic heterocycles. The summed E-state index contributed by atoms with van der Waals surface area (Å²) in [6.07, 6.45) is 5.70. The number of para-hydroxylation sites is 2. The van der Waals surface area contributed by atoms with Gasteiger partial charge in [0.05, 0.1) is 22.9 Å². The van der Waals surface area contributed by atoms with E-state index in [-0.39, 0.29) is 46.1 Å². The highest BCUT2D eigenvalue weighted by atomic mass is 16.6. The normalized spacial score (nSPS) is 35.9. The number of benzene rings is 1. The van der Waals surface area contributed by atoms with E-state index >= 15 is 0 Å². The number of carbonyl (C=O) groups excluding carboxylic acids is 2. The van der Waals surface area contributed by atoms with E-state index in [1.165, 1.54) is 10.7 Å². The van der Waals surface area contributed by atoms with Gasteiger partial charge in [-0.3, -0.25) is 24.6 Å². The number of piperazine rings is 1. The first kappa shape index (κ1) is 33.3. The van der Waals surface area contributed by atoms with Crippen LogP contribution in [0.3, 0.4) is 0 Å². The second-order valence-corrected chi connectivity index (χ2v) is 15.0. The zero-order valence-corrected chi connectivity index (χ0v) is 28.0. The number of hydrogen-bond acceptors (Lipinski definition) is 10. The molecule has 2 bridgehead atoms. The van der Waals surface area contributed by atoms with Crippen LogP contribution in [0, 0.1) is 44.1 Å². The van der Waals surface area contributed by atoms with Gasteiger partial charge in [-0.1, -0.05) is 51.1 Å². The largest absolute Gasteiger partial charge is 0.460 e. The van der Waals surface area contributed by atoms with Crippen LogP contribution in [-0.4, -0.2) is 80.1 Å². The molecule has 254 valence electrons. The molecule has 12 nitrogen and oxygen atoms in total. The topological polar surface area (TPSA) is 144 Å². The van der Waals surface area contributed by atoms with Crippen LogP contribution in [0.15, 0.2) is 43.1 Å². The Bertz CT molecular complexity index is 1540. The highest BCUT2D eigenvalue weighted by Crippen LogP contribution is 2.68. The minimum atomic E-state index is -0.713. The summed E-state index contributed by atoms with van der Waals surface area (Å²) in [5, 5.41) is 31.7. The lowest BCUT2D eigenvalue weighted by molar-refractivity contribution is -0.384. The minimum Gasteiger partial charge on any atom is -0.460 e. The van der Waals surface area contributed by atoms with Crippen molar-refractivity contribution in [1.29, 1.82) is 0 Å². The smallest absolute Gasteiger partial charge is 0.328 e. The summed E-state index contributed by atoms with van der Waals surface area (Å²) < 4.78 is 7.85. The van der Waals surface area contributed by atoms with Crippen molar-refractivity contribution >= 4 is 23.1 Å². The number of anilines is 1. The molecule has 3 aliphatic carbocycles. The number of nitrogens with zero attached hydrogens (tertiary/aromatic N) is 6. The van der Waals surface area contributed by atoms with Crippen LogP contribution in [0.5, 0.6) is 0 Å². The van der Waals surface area contributed by atoms with Crippen molar-refractivity contribution in [2.45, 2.75) is 85.1 Å². The molecule has 1 aromatic carbocycles. The van der Waals surface area contributed by atoms with Gasteiger partial charge in [-0.05, 0) is 49.0 Å². The van der Waals surface area contributed by atoms with Crippen molar-refractivity contribution in [2.24, 2.45) is 34.0 Å². The predicted molar refractivity (Wildman–Crippen MR) is 175 cm³/mol. The molecular weight excluding hydrogens is 600 g/mol. The molecule has 1 N–H and O–H groups in total. The number of aromatic nitrogens is 3. The van der Waals surface area contributed by atoms with Crippen molar-refractivity contribution in [3.63, 3.8) is 0 Å². The third-order valence-corrected chi connectivity index (χ3v) is 12.6. The summed E-state index contributed by atoms with van der Waals surface area (Å²) in [5.74, 6) is -0.427. The number of hydrogen-bond donors (Lipinski definition) is 1. The molecule has 0 radical (unpaired) electrons. The predicted octanol–water partition coefficient (Wildman–Crippen LogP) is 4.42. The Hall–Kier alpha value is -3.64. The standard InChI is InChI=1S/C35H48N6O6/c1-6-33(4)19-29(34(5)23(2)11-13-35(24(3)32(33)44)14-12-28(42)31(34)35)47-30(43)22-40-21-25(36-37-40)20-38-15-17-39(18-16-38)26-9-7-8-10-27(26)41(45)46/h6-10,21,23-24,29,31-32,44H,1,11-20,22H2,2-5H3/t23-,24-,29+,31-,32-,33+,34-,35-/m0/s1. The molecule has 4 aliphatic rings. The fraction of sp³-hybridized carbons (Fsp3) is 0.657. The lowest BCUT2D eigenvalue weighted by Crippen LogP contribution is -2.63. The van der Waals surface area contributed by atoms with Gasteiger partial charge in [-0.15, -0.1) is 11.7 Å². The van der Waals surface area contributed by atoms with E-state index in [0.717, 1.165) is 19.3 Å². The fourth-order valence-electron chi connectivity index (χ4n) is 9.58. The summed E-state index contributed by atoms with van der Waals surface area (Å²) in [7, 11) is 0. The molecule has 0 amide bonds. The van der Waals surface area contributed by atoms with E-state index in [1.54, 1.807) is 24.4 Å². The highest BCUT2D eigenvalue weighted by Gasteiger charge is 2.68. The molecule has 0 spiro atoms. The number of esters is 1. The third-order valence-electron chi connectivity index (χ3n) is 12.6. The van der Waals surface area contributed by atoms with Gasteiger partial charge in [0.1, 0.15) is 24.1 Å². The van der Waals surface area contributed by atoms with Gasteiger partial charge in [0.25, 0.3) is 5.69 Å². The Kier molecular flexibility index (Phi) is 8.80. The van der Waals surface area contributed by atoms with Crippen LogP contribution in [0.4, 0.5) is 11.4 Å². The average molecular weight is 649 g/mol. The Morgan fingerprint density at radius 3 is 2.62 bits per heavy atom. The van der Waals surface area contributed by atoms with E-state index in [0.29, 0.717) is 56.9 Å². The molecule has 1 saturated heterocycles. The summed E-state index contributed by atoms with van der Waals surface area (Å²) in [4.78, 5) is 42.6. The molecule has 12 heteroatoms. The van der Waals surface area contributed by atoms with E-state index < -0.39 is 29.0 Å². The van der Waals surface area contributed by atoms with Crippen LogP contribution in [0.1, 0.15) is 65.5 Å². The molecule has 0 unspecified atom stereocenters. The number of aliphatic hydroxyl groups excluding tert-OH is 1. The number of aliphatic hydroxyl groups is 1. The average Bonchev–Trinajstić information content (AvgIpc) is 3.65. The zero-order chi connectivity index (χ0) is 33.7. The van der Waals surface area contributed by atoms with Crippen LogP contribution < -0.4 is 4.90 Å². The van der Waals surface area contributed by atoms with Crippen LogP contribution in [0.2, 0.25) is 0 Å². The summed E-state index contributed by atoms with van der Waals surface area (Å²) in [5.41, 5.74) is -0.139.